The van der Waals surface area contributed by atoms with Crippen molar-refractivity contribution in [2.24, 2.45) is 0 Å². The lowest BCUT2D eigenvalue weighted by Crippen LogP contribution is -2.29. The van der Waals surface area contributed by atoms with Crippen LogP contribution in [-0.4, -0.2) is 29.2 Å². The molecule has 0 unspecified atom stereocenters. The van der Waals surface area contributed by atoms with Crippen molar-refractivity contribution in [3.8, 4) is 5.75 Å². The number of hydrogen-bond donors (Lipinski definition) is 1. The molecule has 1 aromatic heterocycles. The van der Waals surface area contributed by atoms with Gasteiger partial charge in [0.05, 0.1) is 0 Å². The van der Waals surface area contributed by atoms with E-state index < -0.39 is 0 Å². The molecule has 0 radical (unpaired) electrons. The molecule has 1 N–H and O–H groups in total. The van der Waals surface area contributed by atoms with Crippen LogP contribution >= 0.6 is 22.6 Å². The van der Waals surface area contributed by atoms with Gasteiger partial charge in [-0.05, 0) is 60.2 Å². The summed E-state index contributed by atoms with van der Waals surface area (Å²) in [4.78, 5) is 15.7. The smallest absolute Gasteiger partial charge is 0.257 e. The maximum atomic E-state index is 11.6. The number of aromatic nitrogens is 2. The number of benzene rings is 1. The lowest BCUT2D eigenvalue weighted by atomic mass is 10.3. The predicted molar refractivity (Wildman–Crippen MR) is 85.0 cm³/mol. The number of amides is 1. The first-order chi connectivity index (χ1) is 10.1. The van der Waals surface area contributed by atoms with Crippen LogP contribution in [0.5, 0.6) is 5.75 Å². The van der Waals surface area contributed by atoms with Crippen LogP contribution in [0.3, 0.4) is 0 Å². The van der Waals surface area contributed by atoms with E-state index in [0.717, 1.165) is 9.99 Å². The molecule has 1 amide bonds. The second kappa shape index (κ2) is 7.96. The Morgan fingerprint density at radius 2 is 2.14 bits per heavy atom. The zero-order chi connectivity index (χ0) is 15.1. The summed E-state index contributed by atoms with van der Waals surface area (Å²) in [5.41, 5.74) is 0. The number of nitrogens with zero attached hydrogens (tertiary/aromatic N) is 2. The lowest BCUT2D eigenvalue weighted by molar-refractivity contribution is -0.123. The topological polar surface area (TPSA) is 77.2 Å². The van der Waals surface area contributed by atoms with Crippen molar-refractivity contribution in [3.63, 3.8) is 0 Å². The number of aryl methyl sites for hydroxylation is 2. The summed E-state index contributed by atoms with van der Waals surface area (Å²) < 4.78 is 11.5. The van der Waals surface area contributed by atoms with Crippen LogP contribution < -0.4 is 10.1 Å². The third kappa shape index (κ3) is 5.70. The summed E-state index contributed by atoms with van der Waals surface area (Å²) in [5.74, 6) is 1.76. The highest BCUT2D eigenvalue weighted by molar-refractivity contribution is 14.1. The quantitative estimate of drug-likeness (QED) is 0.568. The van der Waals surface area contributed by atoms with Crippen molar-refractivity contribution < 1.29 is 14.1 Å². The first-order valence-electron chi connectivity index (χ1n) is 6.58. The number of rotatable bonds is 7. The number of nitrogens with one attached hydrogen (secondary N) is 1. The fourth-order valence-corrected chi connectivity index (χ4v) is 2.00. The molecular formula is C14H16IN3O3. The van der Waals surface area contributed by atoms with E-state index in [2.05, 4.69) is 38.0 Å². The highest BCUT2D eigenvalue weighted by Gasteiger charge is 2.04. The minimum absolute atomic E-state index is 0.0141. The monoisotopic (exact) mass is 401 g/mol. The first kappa shape index (κ1) is 15.7. The van der Waals surface area contributed by atoms with Crippen LogP contribution in [0.1, 0.15) is 18.1 Å². The summed E-state index contributed by atoms with van der Waals surface area (Å²) in [6.45, 7) is 2.34. The summed E-state index contributed by atoms with van der Waals surface area (Å²) in [7, 11) is 0. The normalized spacial score (nSPS) is 10.4. The van der Waals surface area contributed by atoms with Crippen LogP contribution in [0.15, 0.2) is 28.8 Å². The fourth-order valence-electron chi connectivity index (χ4n) is 1.64. The van der Waals surface area contributed by atoms with Crippen LogP contribution in [-0.2, 0) is 11.2 Å². The van der Waals surface area contributed by atoms with E-state index in [-0.39, 0.29) is 12.5 Å². The van der Waals surface area contributed by atoms with Crippen molar-refractivity contribution in [1.82, 2.24) is 15.5 Å². The molecule has 0 aliphatic carbocycles. The maximum Gasteiger partial charge on any atom is 0.257 e. The summed E-state index contributed by atoms with van der Waals surface area (Å²) in [6.07, 6.45) is 1.40. The molecule has 1 aromatic carbocycles. The second-order valence-corrected chi connectivity index (χ2v) is 5.68. The number of carbonyl (C=O) groups excluding carboxylic acids is 1. The molecule has 0 spiro atoms. The Hall–Kier alpha value is -1.64. The molecule has 0 saturated heterocycles. The third-order valence-electron chi connectivity index (χ3n) is 2.64. The molecule has 1 heterocycles. The lowest BCUT2D eigenvalue weighted by Gasteiger charge is -2.07. The van der Waals surface area contributed by atoms with E-state index in [1.807, 2.05) is 24.3 Å². The van der Waals surface area contributed by atoms with Crippen LogP contribution in [0, 0.1) is 10.5 Å². The second-order valence-electron chi connectivity index (χ2n) is 4.43. The summed E-state index contributed by atoms with van der Waals surface area (Å²) in [5, 5.41) is 6.49. The highest BCUT2D eigenvalue weighted by Crippen LogP contribution is 2.13. The van der Waals surface area contributed by atoms with Gasteiger partial charge in [-0.1, -0.05) is 5.16 Å². The Morgan fingerprint density at radius 3 is 2.81 bits per heavy atom. The van der Waals surface area contributed by atoms with Gasteiger partial charge in [-0.2, -0.15) is 4.98 Å². The molecule has 0 saturated carbocycles. The summed E-state index contributed by atoms with van der Waals surface area (Å²) >= 11 is 2.21. The molecule has 2 rings (SSSR count). The number of halogens is 1. The molecule has 2 aromatic rings. The Labute approximate surface area is 136 Å². The first-order valence-corrected chi connectivity index (χ1v) is 7.65. The minimum Gasteiger partial charge on any atom is -0.484 e. The average Bonchev–Trinajstić information content (AvgIpc) is 2.89. The molecule has 7 heteroatoms. The average molecular weight is 401 g/mol. The van der Waals surface area contributed by atoms with E-state index in [9.17, 15) is 4.79 Å². The van der Waals surface area contributed by atoms with E-state index in [0.29, 0.717) is 30.4 Å². The highest BCUT2D eigenvalue weighted by atomic mass is 127. The minimum atomic E-state index is -0.143. The molecular weight excluding hydrogens is 385 g/mol. The van der Waals surface area contributed by atoms with E-state index >= 15 is 0 Å². The van der Waals surface area contributed by atoms with Gasteiger partial charge in [-0.25, -0.2) is 0 Å². The maximum absolute atomic E-state index is 11.6. The van der Waals surface area contributed by atoms with Gasteiger partial charge >= 0.3 is 0 Å². The van der Waals surface area contributed by atoms with Gasteiger partial charge in [0.1, 0.15) is 5.75 Å². The van der Waals surface area contributed by atoms with Gasteiger partial charge in [0.15, 0.2) is 12.4 Å². The zero-order valence-corrected chi connectivity index (χ0v) is 13.8. The largest absolute Gasteiger partial charge is 0.484 e. The zero-order valence-electron chi connectivity index (χ0n) is 11.6. The van der Waals surface area contributed by atoms with Gasteiger partial charge in [0.25, 0.3) is 5.91 Å². The number of ether oxygens (including phenoxy) is 1. The number of carbonyl (C=O) groups is 1. The van der Waals surface area contributed by atoms with Gasteiger partial charge in [0.2, 0.25) is 5.89 Å². The molecule has 0 bridgehead atoms. The van der Waals surface area contributed by atoms with Crippen LogP contribution in [0.2, 0.25) is 0 Å². The molecule has 0 atom stereocenters. The summed E-state index contributed by atoms with van der Waals surface area (Å²) in [6, 6.07) is 7.54. The van der Waals surface area contributed by atoms with Crippen LogP contribution in [0.25, 0.3) is 0 Å². The van der Waals surface area contributed by atoms with Crippen molar-refractivity contribution in [2.75, 3.05) is 13.2 Å². The van der Waals surface area contributed by atoms with Crippen molar-refractivity contribution in [1.29, 1.82) is 0 Å². The Morgan fingerprint density at radius 1 is 1.38 bits per heavy atom. The molecule has 0 fully saturated rings. The Bertz CT molecular complexity index is 583. The van der Waals surface area contributed by atoms with E-state index in [4.69, 9.17) is 9.26 Å². The standard InChI is InChI=1S/C14H16IN3O3/c1-10-17-14(21-18-10)3-2-8-16-13(19)9-20-12-6-4-11(15)5-7-12/h4-7H,2-3,8-9H2,1H3,(H,16,19). The third-order valence-corrected chi connectivity index (χ3v) is 3.36. The number of hydrogen-bond acceptors (Lipinski definition) is 5. The Balaban J connectivity index is 1.60. The SMILES string of the molecule is Cc1noc(CCCNC(=O)COc2ccc(I)cc2)n1. The van der Waals surface area contributed by atoms with Gasteiger partial charge in [-0.3, -0.25) is 4.79 Å². The van der Waals surface area contributed by atoms with Gasteiger partial charge in [-0.15, -0.1) is 0 Å². The molecule has 0 aliphatic rings. The Kier molecular flexibility index (Phi) is 5.97. The van der Waals surface area contributed by atoms with Crippen molar-refractivity contribution >= 4 is 28.5 Å². The van der Waals surface area contributed by atoms with Crippen LogP contribution in [0.4, 0.5) is 0 Å². The van der Waals surface area contributed by atoms with Gasteiger partial charge in [0, 0.05) is 16.5 Å². The molecule has 21 heavy (non-hydrogen) atoms. The van der Waals surface area contributed by atoms with E-state index in [1.54, 1.807) is 6.92 Å². The van der Waals surface area contributed by atoms with Crippen molar-refractivity contribution in [3.05, 3.63) is 39.6 Å². The van der Waals surface area contributed by atoms with Crippen molar-refractivity contribution in [2.45, 2.75) is 19.8 Å². The molecule has 112 valence electrons. The van der Waals surface area contributed by atoms with E-state index in [1.165, 1.54) is 0 Å². The predicted octanol–water partition coefficient (Wildman–Crippen LogP) is 2.11. The van der Waals surface area contributed by atoms with Gasteiger partial charge < -0.3 is 14.6 Å². The molecule has 6 nitrogen and oxygen atoms in total. The fraction of sp³-hybridized carbons (Fsp3) is 0.357. The molecule has 0 aliphatic heterocycles.